The normalized spacial score (nSPS) is 15.4. The van der Waals surface area contributed by atoms with Gasteiger partial charge in [-0.2, -0.15) is 0 Å². The third-order valence-electron chi connectivity index (χ3n) is 5.53. The molecule has 1 amide bonds. The van der Waals surface area contributed by atoms with Crippen molar-refractivity contribution in [2.24, 2.45) is 5.92 Å². The van der Waals surface area contributed by atoms with Gasteiger partial charge in [0.2, 0.25) is 5.91 Å². The molecule has 0 saturated carbocycles. The molecule has 1 aliphatic heterocycles. The molecule has 28 heavy (non-hydrogen) atoms. The van der Waals surface area contributed by atoms with Gasteiger partial charge in [0.1, 0.15) is 0 Å². The van der Waals surface area contributed by atoms with Gasteiger partial charge in [0.15, 0.2) is 0 Å². The molecule has 2 rings (SSSR count). The molecule has 1 saturated heterocycles. The fraction of sp³-hybridized carbons (Fsp3) is 0.682. The molecule has 1 aliphatic rings. The minimum atomic E-state index is 0.209. The van der Waals surface area contributed by atoms with Gasteiger partial charge in [-0.25, -0.2) is 0 Å². The first-order valence-electron chi connectivity index (χ1n) is 10.6. The average Bonchev–Trinajstić information content (AvgIpc) is 2.71. The second-order valence-electron chi connectivity index (χ2n) is 7.54. The lowest BCUT2D eigenvalue weighted by atomic mass is 9.93. The van der Waals surface area contributed by atoms with Crippen LogP contribution in [0.3, 0.4) is 0 Å². The maximum Gasteiger partial charge on any atom is 0.226 e. The van der Waals surface area contributed by atoms with E-state index < -0.39 is 0 Å². The molecule has 1 aromatic rings. The predicted octanol–water partition coefficient (Wildman–Crippen LogP) is 3.23. The van der Waals surface area contributed by atoms with Crippen LogP contribution in [0, 0.1) is 5.92 Å². The lowest BCUT2D eigenvalue weighted by molar-refractivity contribution is -0.131. The lowest BCUT2D eigenvalue weighted by Gasteiger charge is -2.32. The van der Waals surface area contributed by atoms with Crippen LogP contribution in [-0.2, 0) is 16.0 Å². The number of hydrogen-bond acceptors (Lipinski definition) is 4. The fourth-order valence-electron chi connectivity index (χ4n) is 3.67. The summed E-state index contributed by atoms with van der Waals surface area (Å²) in [7, 11) is 0. The Morgan fingerprint density at radius 3 is 2.57 bits per heavy atom. The van der Waals surface area contributed by atoms with Crippen molar-refractivity contribution in [2.75, 3.05) is 52.5 Å². The van der Waals surface area contributed by atoms with Crippen LogP contribution in [0.25, 0.3) is 0 Å². The van der Waals surface area contributed by atoms with Crippen LogP contribution in [0.1, 0.15) is 38.2 Å². The highest BCUT2D eigenvalue weighted by Crippen LogP contribution is 2.21. The summed E-state index contributed by atoms with van der Waals surface area (Å²) in [6.45, 7) is 8.30. The van der Waals surface area contributed by atoms with Gasteiger partial charge in [-0.05, 0) is 55.8 Å². The molecule has 1 heterocycles. The van der Waals surface area contributed by atoms with Gasteiger partial charge in [0, 0.05) is 44.4 Å². The first kappa shape index (κ1) is 23.1. The SMILES string of the molecule is CCN(CCO)CCCOCCC1CCN(C(=O)Cc2ccc(Cl)cc2)CC1. The van der Waals surface area contributed by atoms with Gasteiger partial charge in [0.05, 0.1) is 13.0 Å². The minimum absolute atomic E-state index is 0.209. The lowest BCUT2D eigenvalue weighted by Crippen LogP contribution is -2.39. The molecule has 0 bridgehead atoms. The second-order valence-corrected chi connectivity index (χ2v) is 7.98. The van der Waals surface area contributed by atoms with Crippen molar-refractivity contribution < 1.29 is 14.6 Å². The highest BCUT2D eigenvalue weighted by atomic mass is 35.5. The number of halogens is 1. The molecule has 1 fully saturated rings. The number of aliphatic hydroxyl groups excluding tert-OH is 1. The molecule has 0 atom stereocenters. The number of benzene rings is 1. The van der Waals surface area contributed by atoms with Gasteiger partial charge >= 0.3 is 0 Å². The Hall–Kier alpha value is -1.14. The molecule has 1 aromatic carbocycles. The van der Waals surface area contributed by atoms with E-state index in [2.05, 4.69) is 11.8 Å². The van der Waals surface area contributed by atoms with E-state index in [9.17, 15) is 4.79 Å². The van der Waals surface area contributed by atoms with Crippen molar-refractivity contribution in [2.45, 2.75) is 39.0 Å². The monoisotopic (exact) mass is 410 g/mol. The van der Waals surface area contributed by atoms with E-state index in [0.29, 0.717) is 17.4 Å². The maximum absolute atomic E-state index is 12.5. The fourth-order valence-corrected chi connectivity index (χ4v) is 3.80. The summed E-state index contributed by atoms with van der Waals surface area (Å²) < 4.78 is 5.79. The summed E-state index contributed by atoms with van der Waals surface area (Å²) in [4.78, 5) is 16.7. The maximum atomic E-state index is 12.5. The predicted molar refractivity (Wildman–Crippen MR) is 114 cm³/mol. The van der Waals surface area contributed by atoms with E-state index >= 15 is 0 Å². The quantitative estimate of drug-likeness (QED) is 0.537. The summed E-state index contributed by atoms with van der Waals surface area (Å²) in [5.41, 5.74) is 1.02. The van der Waals surface area contributed by atoms with Crippen molar-refractivity contribution in [1.82, 2.24) is 9.80 Å². The Morgan fingerprint density at radius 2 is 1.93 bits per heavy atom. The Kier molecular flexibility index (Phi) is 10.9. The first-order chi connectivity index (χ1) is 13.6. The number of likely N-dealkylation sites (N-methyl/N-ethyl adjacent to an activating group) is 1. The van der Waals surface area contributed by atoms with Crippen LogP contribution in [0.2, 0.25) is 5.02 Å². The van der Waals surface area contributed by atoms with Crippen molar-refractivity contribution in [3.05, 3.63) is 34.9 Å². The standard InChI is InChI=1S/C22H35ClN2O3/c1-2-24(14-15-26)11-3-16-28-17-10-19-8-12-25(13-9-19)22(27)18-20-4-6-21(23)7-5-20/h4-7,19,26H,2-3,8-18H2,1H3. The van der Waals surface area contributed by atoms with Gasteiger partial charge in [-0.1, -0.05) is 30.7 Å². The van der Waals surface area contributed by atoms with Crippen LogP contribution >= 0.6 is 11.6 Å². The number of carbonyl (C=O) groups excluding carboxylic acids is 1. The topological polar surface area (TPSA) is 53.0 Å². The Balaban J connectivity index is 1.54. The zero-order valence-corrected chi connectivity index (χ0v) is 17.9. The number of hydrogen-bond donors (Lipinski definition) is 1. The van der Waals surface area contributed by atoms with E-state index in [4.69, 9.17) is 21.4 Å². The summed E-state index contributed by atoms with van der Waals surface area (Å²) in [6, 6.07) is 7.52. The van der Waals surface area contributed by atoms with Crippen LogP contribution < -0.4 is 0 Å². The third kappa shape index (κ3) is 8.48. The molecule has 0 unspecified atom stereocenters. The molecule has 5 nitrogen and oxygen atoms in total. The molecule has 0 spiro atoms. The highest BCUT2D eigenvalue weighted by molar-refractivity contribution is 6.30. The van der Waals surface area contributed by atoms with E-state index in [1.165, 1.54) is 0 Å². The highest BCUT2D eigenvalue weighted by Gasteiger charge is 2.22. The van der Waals surface area contributed by atoms with E-state index in [-0.39, 0.29) is 12.5 Å². The summed E-state index contributed by atoms with van der Waals surface area (Å²) >= 11 is 5.90. The zero-order chi connectivity index (χ0) is 20.2. The van der Waals surface area contributed by atoms with Crippen LogP contribution in [0.5, 0.6) is 0 Å². The number of likely N-dealkylation sites (tertiary alicyclic amines) is 1. The number of aliphatic hydroxyl groups is 1. The molecule has 1 N–H and O–H groups in total. The number of amides is 1. The van der Waals surface area contributed by atoms with Gasteiger partial charge in [0.25, 0.3) is 0 Å². The molecule has 158 valence electrons. The molecule has 0 aliphatic carbocycles. The van der Waals surface area contributed by atoms with Crippen molar-refractivity contribution in [3.63, 3.8) is 0 Å². The number of carbonyl (C=O) groups is 1. The van der Waals surface area contributed by atoms with E-state index in [1.807, 2.05) is 29.2 Å². The molecule has 0 aromatic heterocycles. The summed E-state index contributed by atoms with van der Waals surface area (Å²) in [6.07, 6.45) is 4.67. The number of nitrogens with zero attached hydrogens (tertiary/aromatic N) is 2. The zero-order valence-electron chi connectivity index (χ0n) is 17.1. The largest absolute Gasteiger partial charge is 0.395 e. The van der Waals surface area contributed by atoms with Crippen molar-refractivity contribution in [3.8, 4) is 0 Å². The third-order valence-corrected chi connectivity index (χ3v) is 5.78. The Morgan fingerprint density at radius 1 is 1.21 bits per heavy atom. The van der Waals surface area contributed by atoms with E-state index in [0.717, 1.165) is 77.2 Å². The molecular weight excluding hydrogens is 376 g/mol. The van der Waals surface area contributed by atoms with Crippen LogP contribution in [-0.4, -0.2) is 73.4 Å². The molecule has 6 heteroatoms. The van der Waals surface area contributed by atoms with Gasteiger partial charge in [-0.15, -0.1) is 0 Å². The number of piperidine rings is 1. The summed E-state index contributed by atoms with van der Waals surface area (Å²) in [5.74, 6) is 0.862. The van der Waals surface area contributed by atoms with Crippen LogP contribution in [0.4, 0.5) is 0 Å². The van der Waals surface area contributed by atoms with Gasteiger partial charge in [-0.3, -0.25) is 4.79 Å². The smallest absolute Gasteiger partial charge is 0.226 e. The molecule has 0 radical (unpaired) electrons. The van der Waals surface area contributed by atoms with Crippen LogP contribution in [0.15, 0.2) is 24.3 Å². The number of rotatable bonds is 12. The first-order valence-corrected chi connectivity index (χ1v) is 10.9. The van der Waals surface area contributed by atoms with Crippen molar-refractivity contribution >= 4 is 17.5 Å². The van der Waals surface area contributed by atoms with Crippen molar-refractivity contribution in [1.29, 1.82) is 0 Å². The molecular formula is C22H35ClN2O3. The Labute approximate surface area is 174 Å². The second kappa shape index (κ2) is 13.2. The number of ether oxygens (including phenoxy) is 1. The minimum Gasteiger partial charge on any atom is -0.395 e. The Bertz CT molecular complexity index is 559. The average molecular weight is 411 g/mol. The van der Waals surface area contributed by atoms with E-state index in [1.54, 1.807) is 0 Å². The summed E-state index contributed by atoms with van der Waals surface area (Å²) in [5, 5.41) is 9.69. The van der Waals surface area contributed by atoms with Gasteiger partial charge < -0.3 is 19.6 Å².